The van der Waals surface area contributed by atoms with Gasteiger partial charge in [0.15, 0.2) is 5.82 Å². The third-order valence-corrected chi connectivity index (χ3v) is 4.85. The molecule has 0 N–H and O–H groups in total. The van der Waals surface area contributed by atoms with Crippen LogP contribution in [0, 0.1) is 0 Å². The number of fused-ring (bicyclic) bond motifs is 1. The van der Waals surface area contributed by atoms with Crippen LogP contribution in [0.5, 0.6) is 0 Å². The number of aromatic nitrogens is 4. The summed E-state index contributed by atoms with van der Waals surface area (Å²) in [5, 5.41) is 4.50. The zero-order valence-corrected chi connectivity index (χ0v) is 15.2. The number of piperazine rings is 1. The van der Waals surface area contributed by atoms with E-state index in [0.29, 0.717) is 30.9 Å². The van der Waals surface area contributed by atoms with Crippen molar-refractivity contribution in [2.45, 2.75) is 13.1 Å². The third kappa shape index (κ3) is 3.83. The van der Waals surface area contributed by atoms with Crippen LogP contribution < -0.4 is 10.5 Å². The lowest BCUT2D eigenvalue weighted by Crippen LogP contribution is -2.46. The lowest BCUT2D eigenvalue weighted by Gasteiger charge is -2.35. The van der Waals surface area contributed by atoms with Gasteiger partial charge in [-0.25, -0.2) is 4.98 Å². The van der Waals surface area contributed by atoms with Crippen molar-refractivity contribution in [3.63, 3.8) is 0 Å². The van der Waals surface area contributed by atoms with E-state index in [1.54, 1.807) is 18.0 Å². The summed E-state index contributed by atoms with van der Waals surface area (Å²) in [6.45, 7) is 5.31. The van der Waals surface area contributed by atoms with Gasteiger partial charge in [-0.3, -0.25) is 14.3 Å². The van der Waals surface area contributed by atoms with Gasteiger partial charge < -0.3 is 14.2 Å². The van der Waals surface area contributed by atoms with Crippen LogP contribution in [0.25, 0.3) is 10.9 Å². The quantitative estimate of drug-likeness (QED) is 0.628. The number of benzene rings is 1. The standard InChI is InChI=1S/C18H22N6O3/c1-26-9-8-24-12-19-16-10-14(2-3-15(16)18(24)25)23-6-4-22(5-7-23)11-17-20-13-27-21-17/h2-3,10,12-13H,4-9,11H2,1H3. The molecule has 9 heteroatoms. The van der Waals surface area contributed by atoms with Gasteiger partial charge in [0, 0.05) is 39.0 Å². The minimum absolute atomic E-state index is 0.0338. The lowest BCUT2D eigenvalue weighted by atomic mass is 10.2. The molecule has 142 valence electrons. The van der Waals surface area contributed by atoms with E-state index in [1.807, 2.05) is 18.2 Å². The van der Waals surface area contributed by atoms with E-state index in [4.69, 9.17) is 9.26 Å². The number of nitrogens with zero attached hydrogens (tertiary/aromatic N) is 6. The first-order valence-electron chi connectivity index (χ1n) is 8.95. The molecule has 0 atom stereocenters. The summed E-state index contributed by atoms with van der Waals surface area (Å²) < 4.78 is 11.4. The molecule has 4 rings (SSSR count). The Bertz CT molecular complexity index is 947. The molecule has 9 nitrogen and oxygen atoms in total. The van der Waals surface area contributed by atoms with Crippen LogP contribution in [-0.2, 0) is 17.8 Å². The van der Waals surface area contributed by atoms with Gasteiger partial charge in [-0.2, -0.15) is 4.98 Å². The van der Waals surface area contributed by atoms with Gasteiger partial charge in [0.1, 0.15) is 0 Å². The molecule has 1 fully saturated rings. The van der Waals surface area contributed by atoms with E-state index in [2.05, 4.69) is 24.9 Å². The maximum atomic E-state index is 12.5. The molecule has 0 saturated carbocycles. The van der Waals surface area contributed by atoms with E-state index in [9.17, 15) is 4.79 Å². The molecule has 2 aromatic heterocycles. The smallest absolute Gasteiger partial charge is 0.261 e. The topological polar surface area (TPSA) is 89.5 Å². The molecular formula is C18H22N6O3. The average molecular weight is 370 g/mol. The Labute approximate surface area is 156 Å². The van der Waals surface area contributed by atoms with Crippen LogP contribution >= 0.6 is 0 Å². The molecule has 1 aliphatic rings. The molecule has 1 aliphatic heterocycles. The molecule has 0 amide bonds. The van der Waals surface area contributed by atoms with Gasteiger partial charge >= 0.3 is 0 Å². The van der Waals surface area contributed by atoms with E-state index in [0.717, 1.165) is 37.4 Å². The first-order valence-corrected chi connectivity index (χ1v) is 8.95. The second kappa shape index (κ2) is 7.85. The third-order valence-electron chi connectivity index (χ3n) is 4.85. The highest BCUT2D eigenvalue weighted by molar-refractivity contribution is 5.81. The van der Waals surface area contributed by atoms with Gasteiger partial charge in [0.25, 0.3) is 5.56 Å². The number of methoxy groups -OCH3 is 1. The summed E-state index contributed by atoms with van der Waals surface area (Å²) in [5.41, 5.74) is 1.78. The highest BCUT2D eigenvalue weighted by atomic mass is 16.5. The number of ether oxygens (including phenoxy) is 1. The molecule has 27 heavy (non-hydrogen) atoms. The monoisotopic (exact) mass is 370 g/mol. The van der Waals surface area contributed by atoms with Crippen molar-refractivity contribution in [1.29, 1.82) is 0 Å². The van der Waals surface area contributed by atoms with Gasteiger partial charge in [0.05, 0.1) is 36.9 Å². The predicted molar refractivity (Wildman–Crippen MR) is 99.7 cm³/mol. The normalized spacial score (nSPS) is 15.5. The van der Waals surface area contributed by atoms with Crippen molar-refractivity contribution in [2.24, 2.45) is 0 Å². The fourth-order valence-electron chi connectivity index (χ4n) is 3.32. The second-order valence-electron chi connectivity index (χ2n) is 6.55. The van der Waals surface area contributed by atoms with E-state index >= 15 is 0 Å². The minimum atomic E-state index is -0.0338. The Morgan fingerprint density at radius 2 is 2.04 bits per heavy atom. The zero-order valence-electron chi connectivity index (χ0n) is 15.2. The number of hydrogen-bond acceptors (Lipinski definition) is 8. The van der Waals surface area contributed by atoms with Crippen molar-refractivity contribution in [3.8, 4) is 0 Å². The van der Waals surface area contributed by atoms with E-state index in [1.165, 1.54) is 6.39 Å². The maximum Gasteiger partial charge on any atom is 0.261 e. The Hall–Kier alpha value is -2.78. The van der Waals surface area contributed by atoms with Crippen molar-refractivity contribution >= 4 is 16.6 Å². The molecule has 0 bridgehead atoms. The van der Waals surface area contributed by atoms with Crippen LogP contribution in [0.3, 0.4) is 0 Å². The van der Waals surface area contributed by atoms with Crippen molar-refractivity contribution in [1.82, 2.24) is 24.6 Å². The van der Waals surface area contributed by atoms with Gasteiger partial charge in [0.2, 0.25) is 6.39 Å². The van der Waals surface area contributed by atoms with Crippen LogP contribution in [-0.4, -0.2) is 64.5 Å². The largest absolute Gasteiger partial charge is 0.383 e. The van der Waals surface area contributed by atoms with E-state index < -0.39 is 0 Å². The minimum Gasteiger partial charge on any atom is -0.383 e. The molecule has 0 unspecified atom stereocenters. The Morgan fingerprint density at radius 3 is 2.78 bits per heavy atom. The summed E-state index contributed by atoms with van der Waals surface area (Å²) in [6.07, 6.45) is 2.95. The Morgan fingerprint density at radius 1 is 1.19 bits per heavy atom. The Kier molecular flexibility index (Phi) is 5.12. The van der Waals surface area contributed by atoms with Crippen molar-refractivity contribution in [2.75, 3.05) is 44.8 Å². The first kappa shape index (κ1) is 17.6. The summed E-state index contributed by atoms with van der Waals surface area (Å²) in [5.74, 6) is 0.711. The Balaban J connectivity index is 1.46. The van der Waals surface area contributed by atoms with Crippen LogP contribution in [0.4, 0.5) is 5.69 Å². The molecule has 0 aliphatic carbocycles. The maximum absolute atomic E-state index is 12.5. The van der Waals surface area contributed by atoms with Gasteiger partial charge in [-0.05, 0) is 18.2 Å². The number of anilines is 1. The van der Waals surface area contributed by atoms with Crippen LogP contribution in [0.1, 0.15) is 5.82 Å². The summed E-state index contributed by atoms with van der Waals surface area (Å²) in [4.78, 5) is 25.7. The fraction of sp³-hybridized carbons (Fsp3) is 0.444. The van der Waals surface area contributed by atoms with Crippen LogP contribution in [0.15, 0.2) is 40.2 Å². The molecule has 1 aromatic carbocycles. The zero-order chi connectivity index (χ0) is 18.6. The summed E-state index contributed by atoms with van der Waals surface area (Å²) >= 11 is 0. The van der Waals surface area contributed by atoms with Gasteiger partial charge in [-0.15, -0.1) is 0 Å². The first-order chi connectivity index (χ1) is 13.2. The van der Waals surface area contributed by atoms with Gasteiger partial charge in [-0.1, -0.05) is 5.16 Å². The molecule has 3 aromatic rings. The molecule has 0 spiro atoms. The highest BCUT2D eigenvalue weighted by Gasteiger charge is 2.19. The van der Waals surface area contributed by atoms with Crippen LogP contribution in [0.2, 0.25) is 0 Å². The molecule has 1 saturated heterocycles. The highest BCUT2D eigenvalue weighted by Crippen LogP contribution is 2.20. The molecule has 3 heterocycles. The van der Waals surface area contributed by atoms with E-state index in [-0.39, 0.29) is 5.56 Å². The molecular weight excluding hydrogens is 348 g/mol. The molecule has 0 radical (unpaired) electrons. The van der Waals surface area contributed by atoms with Crippen molar-refractivity contribution < 1.29 is 9.26 Å². The predicted octanol–water partition coefficient (Wildman–Crippen LogP) is 0.748. The number of hydrogen-bond donors (Lipinski definition) is 0. The number of rotatable bonds is 6. The fourth-order valence-corrected chi connectivity index (χ4v) is 3.32. The summed E-state index contributed by atoms with van der Waals surface area (Å²) in [6, 6.07) is 5.86. The lowest BCUT2D eigenvalue weighted by molar-refractivity contribution is 0.186. The second-order valence-corrected chi connectivity index (χ2v) is 6.55. The summed E-state index contributed by atoms with van der Waals surface area (Å²) in [7, 11) is 1.62. The van der Waals surface area contributed by atoms with Crippen molar-refractivity contribution in [3.05, 3.63) is 47.1 Å². The average Bonchev–Trinajstić information content (AvgIpc) is 3.21. The SMILES string of the molecule is COCCn1cnc2cc(N3CCN(Cc4ncon4)CC3)ccc2c1=O.